The van der Waals surface area contributed by atoms with E-state index < -0.39 is 0 Å². The number of fused-ring (bicyclic) bond motifs is 1. The Labute approximate surface area is 188 Å². The van der Waals surface area contributed by atoms with Crippen LogP contribution in [-0.4, -0.2) is 28.2 Å². The molecule has 0 aliphatic carbocycles. The molecule has 1 aliphatic rings. The first-order valence-corrected chi connectivity index (χ1v) is 10.9. The van der Waals surface area contributed by atoms with Crippen molar-refractivity contribution in [2.24, 2.45) is 4.99 Å². The lowest BCUT2D eigenvalue weighted by Gasteiger charge is -2.07. The number of thioether (sulfide) groups is 1. The average Bonchev–Trinajstić information content (AvgIpc) is 3.20. The molecular formula is C23H20ClN3O3S. The summed E-state index contributed by atoms with van der Waals surface area (Å²) in [4.78, 5) is 29.7. The SMILES string of the molecule is CCOC(=O)Cn1c(C)c(/C=C2\SC(=Nc3cccc(Cl)c3)NC2=O)c2ccccc21. The fraction of sp³-hybridized carbons (Fsp3) is 0.174. The van der Waals surface area contributed by atoms with Crippen LogP contribution in [0.3, 0.4) is 0 Å². The summed E-state index contributed by atoms with van der Waals surface area (Å²) in [6, 6.07) is 14.9. The van der Waals surface area contributed by atoms with E-state index in [4.69, 9.17) is 16.3 Å². The number of amidine groups is 1. The summed E-state index contributed by atoms with van der Waals surface area (Å²) in [6.07, 6.45) is 1.85. The number of rotatable bonds is 5. The maximum absolute atomic E-state index is 12.6. The predicted molar refractivity (Wildman–Crippen MR) is 126 cm³/mol. The summed E-state index contributed by atoms with van der Waals surface area (Å²) in [6.45, 7) is 4.17. The van der Waals surface area contributed by atoms with Gasteiger partial charge in [0.25, 0.3) is 5.91 Å². The standard InChI is InChI=1S/C23H20ClN3O3S/c1-3-30-21(28)13-27-14(2)18(17-9-4-5-10-19(17)27)12-20-22(29)26-23(31-20)25-16-8-6-7-15(24)11-16/h4-12H,3,13H2,1-2H3,(H,25,26,29)/b20-12-. The van der Waals surface area contributed by atoms with Gasteiger partial charge in [-0.3, -0.25) is 9.59 Å². The van der Waals surface area contributed by atoms with Crippen molar-refractivity contribution in [2.75, 3.05) is 6.61 Å². The number of carbonyl (C=O) groups is 2. The van der Waals surface area contributed by atoms with Crippen molar-refractivity contribution in [1.82, 2.24) is 9.88 Å². The quantitative estimate of drug-likeness (QED) is 0.433. The molecule has 0 bridgehead atoms. The van der Waals surface area contributed by atoms with E-state index in [1.807, 2.05) is 54.0 Å². The number of halogens is 1. The third kappa shape index (κ3) is 4.52. The van der Waals surface area contributed by atoms with E-state index in [0.717, 1.165) is 22.2 Å². The van der Waals surface area contributed by atoms with E-state index in [9.17, 15) is 9.59 Å². The first kappa shape index (κ1) is 21.2. The molecule has 1 fully saturated rings. The lowest BCUT2D eigenvalue weighted by molar-refractivity contribution is -0.143. The van der Waals surface area contributed by atoms with E-state index in [2.05, 4.69) is 10.3 Å². The van der Waals surface area contributed by atoms with Gasteiger partial charge in [-0.25, -0.2) is 4.99 Å². The van der Waals surface area contributed by atoms with Crippen LogP contribution in [0.5, 0.6) is 0 Å². The van der Waals surface area contributed by atoms with Crippen LogP contribution in [0.25, 0.3) is 17.0 Å². The number of amides is 1. The van der Waals surface area contributed by atoms with Gasteiger partial charge < -0.3 is 14.6 Å². The number of benzene rings is 2. The number of esters is 1. The fourth-order valence-electron chi connectivity index (χ4n) is 3.45. The van der Waals surface area contributed by atoms with E-state index in [-0.39, 0.29) is 18.4 Å². The van der Waals surface area contributed by atoms with Gasteiger partial charge in [-0.1, -0.05) is 35.9 Å². The second kappa shape index (κ2) is 8.99. The number of ether oxygens (including phenoxy) is 1. The summed E-state index contributed by atoms with van der Waals surface area (Å²) in [5, 5.41) is 4.83. The maximum atomic E-state index is 12.6. The smallest absolute Gasteiger partial charge is 0.325 e. The molecule has 31 heavy (non-hydrogen) atoms. The largest absolute Gasteiger partial charge is 0.465 e. The average molecular weight is 454 g/mol. The molecule has 1 amide bonds. The second-order valence-corrected chi connectivity index (χ2v) is 8.34. The zero-order chi connectivity index (χ0) is 22.0. The van der Waals surface area contributed by atoms with E-state index in [0.29, 0.717) is 27.4 Å². The highest BCUT2D eigenvalue weighted by molar-refractivity contribution is 8.18. The number of para-hydroxylation sites is 1. The Morgan fingerprint density at radius 3 is 2.84 bits per heavy atom. The Morgan fingerprint density at radius 1 is 1.26 bits per heavy atom. The number of hydrogen-bond donors (Lipinski definition) is 1. The zero-order valence-electron chi connectivity index (χ0n) is 17.0. The van der Waals surface area contributed by atoms with Crippen LogP contribution in [0, 0.1) is 6.92 Å². The highest BCUT2D eigenvalue weighted by Crippen LogP contribution is 2.33. The molecule has 0 spiro atoms. The number of aliphatic imine (C=N–C) groups is 1. The lowest BCUT2D eigenvalue weighted by Crippen LogP contribution is -2.19. The van der Waals surface area contributed by atoms with Gasteiger partial charge in [-0.2, -0.15) is 0 Å². The third-order valence-corrected chi connectivity index (χ3v) is 5.98. The number of nitrogens with zero attached hydrogens (tertiary/aromatic N) is 2. The monoisotopic (exact) mass is 453 g/mol. The van der Waals surface area contributed by atoms with Gasteiger partial charge in [0.2, 0.25) is 0 Å². The number of nitrogens with one attached hydrogen (secondary N) is 1. The summed E-state index contributed by atoms with van der Waals surface area (Å²) >= 11 is 7.29. The number of carbonyl (C=O) groups excluding carboxylic acids is 2. The zero-order valence-corrected chi connectivity index (χ0v) is 18.6. The van der Waals surface area contributed by atoms with Crippen LogP contribution < -0.4 is 5.32 Å². The van der Waals surface area contributed by atoms with Gasteiger partial charge in [-0.15, -0.1) is 0 Å². The van der Waals surface area contributed by atoms with Crippen LogP contribution >= 0.6 is 23.4 Å². The molecule has 158 valence electrons. The van der Waals surface area contributed by atoms with Gasteiger partial charge in [0.05, 0.1) is 17.2 Å². The molecule has 1 aliphatic heterocycles. The van der Waals surface area contributed by atoms with Crippen molar-refractivity contribution in [3.8, 4) is 0 Å². The van der Waals surface area contributed by atoms with Crippen molar-refractivity contribution < 1.29 is 14.3 Å². The molecule has 1 aromatic heterocycles. The van der Waals surface area contributed by atoms with Crippen LogP contribution in [-0.2, 0) is 20.9 Å². The van der Waals surface area contributed by atoms with Crippen molar-refractivity contribution in [3.05, 3.63) is 69.7 Å². The molecule has 0 saturated carbocycles. The molecule has 3 aromatic rings. The minimum Gasteiger partial charge on any atom is -0.465 e. The molecule has 2 aromatic carbocycles. The van der Waals surface area contributed by atoms with Gasteiger partial charge in [0.15, 0.2) is 5.17 Å². The third-order valence-electron chi connectivity index (χ3n) is 4.84. The molecule has 0 radical (unpaired) electrons. The Morgan fingerprint density at radius 2 is 2.06 bits per heavy atom. The Balaban J connectivity index is 1.70. The molecule has 0 unspecified atom stereocenters. The molecule has 0 atom stereocenters. The van der Waals surface area contributed by atoms with Gasteiger partial charge in [0.1, 0.15) is 6.54 Å². The summed E-state index contributed by atoms with van der Waals surface area (Å²) in [5.41, 5.74) is 3.35. The van der Waals surface area contributed by atoms with E-state index in [1.54, 1.807) is 19.1 Å². The fourth-order valence-corrected chi connectivity index (χ4v) is 4.46. The van der Waals surface area contributed by atoms with Crippen molar-refractivity contribution in [1.29, 1.82) is 0 Å². The second-order valence-electron chi connectivity index (χ2n) is 6.87. The molecule has 2 heterocycles. The van der Waals surface area contributed by atoms with E-state index in [1.165, 1.54) is 11.8 Å². The number of hydrogen-bond acceptors (Lipinski definition) is 5. The van der Waals surface area contributed by atoms with Crippen molar-refractivity contribution >= 4 is 63.1 Å². The summed E-state index contributed by atoms with van der Waals surface area (Å²) in [7, 11) is 0. The Bertz CT molecular complexity index is 1250. The van der Waals surface area contributed by atoms with Gasteiger partial charge in [0, 0.05) is 27.2 Å². The normalized spacial score (nSPS) is 16.3. The molecule has 1 N–H and O–H groups in total. The maximum Gasteiger partial charge on any atom is 0.325 e. The molecule has 6 nitrogen and oxygen atoms in total. The highest BCUT2D eigenvalue weighted by Gasteiger charge is 2.25. The van der Waals surface area contributed by atoms with E-state index >= 15 is 0 Å². The lowest BCUT2D eigenvalue weighted by atomic mass is 10.1. The Kier molecular flexibility index (Phi) is 6.15. The molecule has 4 rings (SSSR count). The van der Waals surface area contributed by atoms with Gasteiger partial charge >= 0.3 is 5.97 Å². The summed E-state index contributed by atoms with van der Waals surface area (Å²) in [5.74, 6) is -0.512. The van der Waals surface area contributed by atoms with Crippen LogP contribution in [0.15, 0.2) is 58.4 Å². The minimum absolute atomic E-state index is 0.115. The molecular weight excluding hydrogens is 434 g/mol. The first-order chi connectivity index (χ1) is 15.0. The molecule has 8 heteroatoms. The highest BCUT2D eigenvalue weighted by atomic mass is 35.5. The van der Waals surface area contributed by atoms with Crippen LogP contribution in [0.4, 0.5) is 5.69 Å². The van der Waals surface area contributed by atoms with Crippen molar-refractivity contribution in [2.45, 2.75) is 20.4 Å². The topological polar surface area (TPSA) is 72.7 Å². The van der Waals surface area contributed by atoms with Crippen molar-refractivity contribution in [3.63, 3.8) is 0 Å². The van der Waals surface area contributed by atoms with Gasteiger partial charge in [-0.05, 0) is 56.0 Å². The Hall–Kier alpha value is -3.03. The predicted octanol–water partition coefficient (Wildman–Crippen LogP) is 5.06. The molecule has 1 saturated heterocycles. The van der Waals surface area contributed by atoms with Crippen LogP contribution in [0.2, 0.25) is 5.02 Å². The summed E-state index contributed by atoms with van der Waals surface area (Å²) < 4.78 is 7.03. The minimum atomic E-state index is -0.297. The van der Waals surface area contributed by atoms with Crippen LogP contribution in [0.1, 0.15) is 18.2 Å². The first-order valence-electron chi connectivity index (χ1n) is 9.75. The number of aromatic nitrogens is 1.